The van der Waals surface area contributed by atoms with E-state index in [2.05, 4.69) is 10.3 Å². The Balaban J connectivity index is 2.00. The molecule has 0 saturated carbocycles. The van der Waals surface area contributed by atoms with Crippen LogP contribution >= 0.6 is 11.8 Å². The Hall–Kier alpha value is -2.67. The molecule has 1 aromatic heterocycles. The van der Waals surface area contributed by atoms with E-state index in [1.54, 1.807) is 48.9 Å². The maximum absolute atomic E-state index is 12.2. The lowest BCUT2D eigenvalue weighted by molar-refractivity contribution is -0.123. The first-order chi connectivity index (χ1) is 11.9. The maximum Gasteiger partial charge on any atom is 0.341 e. The number of amides is 1. The number of ketones is 1. The van der Waals surface area contributed by atoms with Gasteiger partial charge in [-0.3, -0.25) is 9.59 Å². The highest BCUT2D eigenvalue weighted by Gasteiger charge is 2.21. The predicted molar refractivity (Wildman–Crippen MR) is 96.0 cm³/mol. The van der Waals surface area contributed by atoms with Crippen LogP contribution in [0.3, 0.4) is 0 Å². The molecule has 0 aliphatic rings. The molecule has 0 radical (unpaired) electrons. The van der Waals surface area contributed by atoms with E-state index < -0.39 is 18.0 Å². The van der Waals surface area contributed by atoms with E-state index in [1.165, 1.54) is 25.6 Å². The number of hydrogen-bond donors (Lipinski definition) is 1. The number of thioether (sulfide) groups is 1. The van der Waals surface area contributed by atoms with Crippen molar-refractivity contribution in [1.29, 1.82) is 0 Å². The molecule has 1 atom stereocenters. The second-order valence-corrected chi connectivity index (χ2v) is 6.03. The van der Waals surface area contributed by atoms with Crippen molar-refractivity contribution in [2.75, 3.05) is 11.6 Å². The van der Waals surface area contributed by atoms with Gasteiger partial charge in [-0.25, -0.2) is 9.78 Å². The average molecular weight is 358 g/mol. The molecule has 1 amide bonds. The first-order valence-corrected chi connectivity index (χ1v) is 8.76. The summed E-state index contributed by atoms with van der Waals surface area (Å²) in [6.45, 7) is 2.96. The van der Waals surface area contributed by atoms with Crippen LogP contribution in [0, 0.1) is 0 Å². The Morgan fingerprint density at radius 3 is 2.44 bits per heavy atom. The number of hydrogen-bond acceptors (Lipinski definition) is 6. The van der Waals surface area contributed by atoms with E-state index >= 15 is 0 Å². The van der Waals surface area contributed by atoms with Gasteiger partial charge in [-0.05, 0) is 56.5 Å². The molecule has 0 unspecified atom stereocenters. The van der Waals surface area contributed by atoms with Gasteiger partial charge in [-0.2, -0.15) is 0 Å². The Bertz CT molecular complexity index is 790. The van der Waals surface area contributed by atoms with Crippen LogP contribution in [-0.2, 0) is 9.53 Å². The van der Waals surface area contributed by atoms with E-state index in [0.29, 0.717) is 21.8 Å². The Morgan fingerprint density at radius 1 is 1.16 bits per heavy atom. The molecule has 0 fully saturated rings. The summed E-state index contributed by atoms with van der Waals surface area (Å²) in [5.74, 6) is -1.12. The van der Waals surface area contributed by atoms with Crippen LogP contribution in [0.4, 0.5) is 5.69 Å². The lowest BCUT2D eigenvalue weighted by Crippen LogP contribution is -2.30. The van der Waals surface area contributed by atoms with Gasteiger partial charge >= 0.3 is 5.97 Å². The highest BCUT2D eigenvalue weighted by atomic mass is 32.2. The largest absolute Gasteiger partial charge is 0.449 e. The van der Waals surface area contributed by atoms with Gasteiger partial charge < -0.3 is 10.1 Å². The molecule has 0 bridgehead atoms. The normalized spacial score (nSPS) is 11.5. The fourth-order valence-electron chi connectivity index (χ4n) is 2.02. The van der Waals surface area contributed by atoms with Gasteiger partial charge in [0.15, 0.2) is 11.9 Å². The summed E-state index contributed by atoms with van der Waals surface area (Å²) in [6.07, 6.45) is 2.42. The topological polar surface area (TPSA) is 85.4 Å². The van der Waals surface area contributed by atoms with Crippen molar-refractivity contribution in [2.24, 2.45) is 0 Å². The summed E-state index contributed by atoms with van der Waals surface area (Å²) in [5.41, 5.74) is 1.39. The molecule has 0 saturated heterocycles. The maximum atomic E-state index is 12.2. The number of carbonyl (C=O) groups is 3. The fourth-order valence-corrected chi connectivity index (χ4v) is 2.56. The number of nitrogens with zero attached hydrogens (tertiary/aromatic N) is 1. The van der Waals surface area contributed by atoms with Gasteiger partial charge in [0, 0.05) is 17.4 Å². The Kier molecular flexibility index (Phi) is 6.30. The van der Waals surface area contributed by atoms with Gasteiger partial charge in [0.2, 0.25) is 0 Å². The van der Waals surface area contributed by atoms with E-state index in [-0.39, 0.29) is 5.78 Å². The zero-order valence-corrected chi connectivity index (χ0v) is 14.9. The summed E-state index contributed by atoms with van der Waals surface area (Å²) in [5, 5.41) is 3.19. The summed E-state index contributed by atoms with van der Waals surface area (Å²) in [4.78, 5) is 39.7. The highest BCUT2D eigenvalue weighted by Crippen LogP contribution is 2.18. The lowest BCUT2D eigenvalue weighted by atomic mass is 10.1. The van der Waals surface area contributed by atoms with Crippen molar-refractivity contribution in [3.8, 4) is 0 Å². The third kappa shape index (κ3) is 4.90. The quantitative estimate of drug-likeness (QED) is 0.485. The van der Waals surface area contributed by atoms with E-state index in [1.807, 2.05) is 0 Å². The molecule has 1 N–H and O–H groups in total. The number of Topliss-reactive ketones (excluding diaryl/α,β-unsaturated/α-hetero) is 1. The standard InChI is InChI=1S/C18H18N2O4S/c1-11(21)13-6-8-14(9-7-13)20-16(22)12(2)24-18(23)15-5-4-10-19-17(15)25-3/h4-10,12H,1-3H3,(H,20,22)/t12-/m0/s1. The Labute approximate surface area is 150 Å². The van der Waals surface area contributed by atoms with Crippen molar-refractivity contribution >= 4 is 35.1 Å². The molecular weight excluding hydrogens is 340 g/mol. The highest BCUT2D eigenvalue weighted by molar-refractivity contribution is 7.98. The molecule has 1 heterocycles. The smallest absolute Gasteiger partial charge is 0.341 e. The van der Waals surface area contributed by atoms with Crippen LogP contribution < -0.4 is 5.32 Å². The molecular formula is C18H18N2O4S. The number of nitrogens with one attached hydrogen (secondary N) is 1. The van der Waals surface area contributed by atoms with Gasteiger partial charge in [-0.1, -0.05) is 0 Å². The second kappa shape index (κ2) is 8.43. The number of anilines is 1. The van der Waals surface area contributed by atoms with Crippen LogP contribution in [0.1, 0.15) is 34.6 Å². The van der Waals surface area contributed by atoms with Gasteiger partial charge in [0.05, 0.1) is 5.56 Å². The molecule has 0 aliphatic carbocycles. The number of rotatable bonds is 6. The summed E-state index contributed by atoms with van der Waals surface area (Å²) >= 11 is 1.33. The van der Waals surface area contributed by atoms with Crippen molar-refractivity contribution in [3.63, 3.8) is 0 Å². The SMILES string of the molecule is CSc1ncccc1C(=O)O[C@@H](C)C(=O)Nc1ccc(C(C)=O)cc1. The summed E-state index contributed by atoms with van der Waals surface area (Å²) in [6, 6.07) is 9.72. The third-order valence-corrected chi connectivity index (χ3v) is 4.11. The average Bonchev–Trinajstić information content (AvgIpc) is 2.61. The third-order valence-electron chi connectivity index (χ3n) is 3.40. The first kappa shape index (κ1) is 18.7. The van der Waals surface area contributed by atoms with Crippen molar-refractivity contribution in [1.82, 2.24) is 4.98 Å². The van der Waals surface area contributed by atoms with Crippen LogP contribution in [0.2, 0.25) is 0 Å². The van der Waals surface area contributed by atoms with Crippen molar-refractivity contribution < 1.29 is 19.1 Å². The summed E-state index contributed by atoms with van der Waals surface area (Å²) in [7, 11) is 0. The van der Waals surface area contributed by atoms with Gasteiger partial charge in [0.25, 0.3) is 5.91 Å². The lowest BCUT2D eigenvalue weighted by Gasteiger charge is -2.14. The van der Waals surface area contributed by atoms with Crippen LogP contribution in [0.5, 0.6) is 0 Å². The fraction of sp³-hybridized carbons (Fsp3) is 0.222. The molecule has 25 heavy (non-hydrogen) atoms. The summed E-state index contributed by atoms with van der Waals surface area (Å²) < 4.78 is 5.22. The van der Waals surface area contributed by atoms with Crippen molar-refractivity contribution in [3.05, 3.63) is 53.7 Å². The number of carbonyl (C=O) groups excluding carboxylic acids is 3. The van der Waals surface area contributed by atoms with E-state index in [4.69, 9.17) is 4.74 Å². The molecule has 2 aromatic rings. The monoisotopic (exact) mass is 358 g/mol. The van der Waals surface area contributed by atoms with E-state index in [9.17, 15) is 14.4 Å². The van der Waals surface area contributed by atoms with E-state index in [0.717, 1.165) is 0 Å². The molecule has 7 heteroatoms. The number of aromatic nitrogens is 1. The molecule has 2 rings (SSSR count). The Morgan fingerprint density at radius 2 is 1.84 bits per heavy atom. The first-order valence-electron chi connectivity index (χ1n) is 7.54. The minimum Gasteiger partial charge on any atom is -0.449 e. The molecule has 6 nitrogen and oxygen atoms in total. The van der Waals surface area contributed by atoms with Crippen LogP contribution in [-0.4, -0.2) is 35.0 Å². The van der Waals surface area contributed by atoms with Crippen molar-refractivity contribution in [2.45, 2.75) is 25.0 Å². The number of ether oxygens (including phenoxy) is 1. The number of pyridine rings is 1. The number of benzene rings is 1. The molecule has 130 valence electrons. The van der Waals surface area contributed by atoms with Gasteiger partial charge in [-0.15, -0.1) is 11.8 Å². The molecule has 0 aliphatic heterocycles. The molecule has 0 spiro atoms. The molecule has 1 aromatic carbocycles. The predicted octanol–water partition coefficient (Wildman–Crippen LogP) is 3.19. The van der Waals surface area contributed by atoms with Gasteiger partial charge in [0.1, 0.15) is 5.03 Å². The second-order valence-electron chi connectivity index (χ2n) is 5.23. The zero-order chi connectivity index (χ0) is 18.4. The number of esters is 1. The van der Waals surface area contributed by atoms with Crippen LogP contribution in [0.15, 0.2) is 47.6 Å². The minimum absolute atomic E-state index is 0.0544. The zero-order valence-electron chi connectivity index (χ0n) is 14.1. The minimum atomic E-state index is -0.977. The van der Waals surface area contributed by atoms with Crippen LogP contribution in [0.25, 0.3) is 0 Å².